The van der Waals surface area contributed by atoms with Gasteiger partial charge >= 0.3 is 6.03 Å². The number of hydrogen-bond acceptors (Lipinski definition) is 3. The summed E-state index contributed by atoms with van der Waals surface area (Å²) in [5.41, 5.74) is 1.44. The Morgan fingerprint density at radius 3 is 2.95 bits per heavy atom. The van der Waals surface area contributed by atoms with Crippen LogP contribution in [0.4, 0.5) is 10.5 Å². The quantitative estimate of drug-likeness (QED) is 0.782. The molecule has 3 unspecified atom stereocenters. The van der Waals surface area contributed by atoms with Crippen LogP contribution in [0.1, 0.15) is 31.9 Å². The van der Waals surface area contributed by atoms with Gasteiger partial charge in [0, 0.05) is 12.3 Å². The maximum Gasteiger partial charge on any atom is 0.319 e. The Labute approximate surface area is 113 Å². The molecule has 1 aliphatic heterocycles. The van der Waals surface area contributed by atoms with E-state index in [0.29, 0.717) is 12.3 Å². The Bertz CT molecular complexity index is 448. The molecule has 0 bridgehead atoms. The van der Waals surface area contributed by atoms with E-state index in [1.54, 1.807) is 25.1 Å². The standard InChI is InChI=1S/C14H20N2O3/c1-9(17)11-4-3-5-12(8-11)15-14(18)16-13-6-7-19-10(13)2/h3-5,8-10,13,17H,6-7H2,1-2H3,(H2,15,16,18). The molecule has 2 rings (SSSR count). The van der Waals surface area contributed by atoms with E-state index in [9.17, 15) is 9.90 Å². The van der Waals surface area contributed by atoms with Gasteiger partial charge in [-0.05, 0) is 38.0 Å². The van der Waals surface area contributed by atoms with E-state index in [1.165, 1.54) is 0 Å². The van der Waals surface area contributed by atoms with Crippen molar-refractivity contribution in [1.82, 2.24) is 5.32 Å². The highest BCUT2D eigenvalue weighted by atomic mass is 16.5. The number of ether oxygens (including phenoxy) is 1. The van der Waals surface area contributed by atoms with Gasteiger partial charge in [0.25, 0.3) is 0 Å². The fourth-order valence-electron chi connectivity index (χ4n) is 2.13. The summed E-state index contributed by atoms with van der Waals surface area (Å²) in [7, 11) is 0. The minimum absolute atomic E-state index is 0.0505. The molecule has 0 saturated carbocycles. The number of aliphatic hydroxyl groups is 1. The molecule has 1 aliphatic rings. The minimum Gasteiger partial charge on any atom is -0.389 e. The molecule has 19 heavy (non-hydrogen) atoms. The Hall–Kier alpha value is -1.59. The molecule has 3 atom stereocenters. The zero-order valence-electron chi connectivity index (χ0n) is 11.2. The lowest BCUT2D eigenvalue weighted by Crippen LogP contribution is -2.41. The number of urea groups is 1. The summed E-state index contributed by atoms with van der Waals surface area (Å²) in [5, 5.41) is 15.2. The van der Waals surface area contributed by atoms with Gasteiger partial charge in [-0.2, -0.15) is 0 Å². The first-order valence-corrected chi connectivity index (χ1v) is 6.53. The zero-order valence-corrected chi connectivity index (χ0v) is 11.2. The average molecular weight is 264 g/mol. The van der Waals surface area contributed by atoms with Gasteiger partial charge in [-0.3, -0.25) is 0 Å². The second-order valence-electron chi connectivity index (χ2n) is 4.87. The van der Waals surface area contributed by atoms with Crippen LogP contribution >= 0.6 is 0 Å². The number of carbonyl (C=O) groups excluding carboxylic acids is 1. The van der Waals surface area contributed by atoms with Gasteiger partial charge in [0.1, 0.15) is 0 Å². The van der Waals surface area contributed by atoms with E-state index in [0.717, 1.165) is 12.0 Å². The molecule has 5 heteroatoms. The summed E-state index contributed by atoms with van der Waals surface area (Å²) >= 11 is 0. The highest BCUT2D eigenvalue weighted by molar-refractivity contribution is 5.89. The highest BCUT2D eigenvalue weighted by Crippen LogP contribution is 2.17. The molecule has 0 aromatic heterocycles. The first kappa shape index (κ1) is 13.8. The van der Waals surface area contributed by atoms with Crippen LogP contribution in [-0.4, -0.2) is 29.9 Å². The summed E-state index contributed by atoms with van der Waals surface area (Å²) in [6, 6.07) is 6.99. The van der Waals surface area contributed by atoms with E-state index in [-0.39, 0.29) is 18.2 Å². The minimum atomic E-state index is -0.548. The number of amides is 2. The largest absolute Gasteiger partial charge is 0.389 e. The van der Waals surface area contributed by atoms with Crippen molar-refractivity contribution in [2.45, 2.75) is 38.5 Å². The molecule has 1 saturated heterocycles. The topological polar surface area (TPSA) is 70.6 Å². The SMILES string of the molecule is CC(O)c1cccc(NC(=O)NC2CCOC2C)c1. The number of anilines is 1. The predicted octanol–water partition coefficient (Wildman–Crippen LogP) is 2.04. The van der Waals surface area contributed by atoms with Crippen LogP contribution in [0, 0.1) is 0 Å². The van der Waals surface area contributed by atoms with Crippen LogP contribution < -0.4 is 10.6 Å². The number of carbonyl (C=O) groups is 1. The van der Waals surface area contributed by atoms with Crippen molar-refractivity contribution in [2.24, 2.45) is 0 Å². The average Bonchev–Trinajstić information content (AvgIpc) is 2.75. The number of hydrogen-bond donors (Lipinski definition) is 3. The van der Waals surface area contributed by atoms with Crippen molar-refractivity contribution >= 4 is 11.7 Å². The smallest absolute Gasteiger partial charge is 0.319 e. The van der Waals surface area contributed by atoms with Crippen LogP contribution in [0.2, 0.25) is 0 Å². The molecule has 0 radical (unpaired) electrons. The molecular weight excluding hydrogens is 244 g/mol. The van der Waals surface area contributed by atoms with Crippen LogP contribution in [-0.2, 0) is 4.74 Å². The molecule has 1 aromatic carbocycles. The van der Waals surface area contributed by atoms with Crippen LogP contribution in [0.15, 0.2) is 24.3 Å². The molecule has 3 N–H and O–H groups in total. The number of nitrogens with one attached hydrogen (secondary N) is 2. The lowest BCUT2D eigenvalue weighted by molar-refractivity contribution is 0.114. The Kier molecular flexibility index (Phi) is 4.39. The zero-order chi connectivity index (χ0) is 13.8. The molecule has 5 nitrogen and oxygen atoms in total. The van der Waals surface area contributed by atoms with Crippen molar-refractivity contribution in [3.05, 3.63) is 29.8 Å². The molecule has 0 spiro atoms. The highest BCUT2D eigenvalue weighted by Gasteiger charge is 2.25. The summed E-state index contributed by atoms with van der Waals surface area (Å²) in [6.45, 7) is 4.33. The lowest BCUT2D eigenvalue weighted by Gasteiger charge is -2.17. The van der Waals surface area contributed by atoms with Gasteiger partial charge < -0.3 is 20.5 Å². The van der Waals surface area contributed by atoms with Gasteiger partial charge in [0.05, 0.1) is 18.2 Å². The van der Waals surface area contributed by atoms with Gasteiger partial charge in [-0.25, -0.2) is 4.79 Å². The summed E-state index contributed by atoms with van der Waals surface area (Å²) in [6.07, 6.45) is 0.338. The van der Waals surface area contributed by atoms with Crippen LogP contribution in [0.3, 0.4) is 0 Å². The Morgan fingerprint density at radius 2 is 2.32 bits per heavy atom. The normalized spacial score (nSPS) is 23.9. The molecule has 1 aromatic rings. The molecule has 104 valence electrons. The first-order chi connectivity index (χ1) is 9.06. The third-order valence-electron chi connectivity index (χ3n) is 3.32. The summed E-state index contributed by atoms with van der Waals surface area (Å²) in [4.78, 5) is 11.9. The number of aliphatic hydroxyl groups excluding tert-OH is 1. The Balaban J connectivity index is 1.93. The van der Waals surface area contributed by atoms with Crippen molar-refractivity contribution in [1.29, 1.82) is 0 Å². The fraction of sp³-hybridized carbons (Fsp3) is 0.500. The fourth-order valence-corrected chi connectivity index (χ4v) is 2.13. The molecular formula is C14H20N2O3. The summed E-state index contributed by atoms with van der Waals surface area (Å²) < 4.78 is 5.39. The second-order valence-corrected chi connectivity index (χ2v) is 4.87. The second kappa shape index (κ2) is 6.04. The predicted molar refractivity (Wildman–Crippen MR) is 73.0 cm³/mol. The maximum absolute atomic E-state index is 11.9. The monoisotopic (exact) mass is 264 g/mol. The molecule has 2 amide bonds. The Morgan fingerprint density at radius 1 is 1.53 bits per heavy atom. The van der Waals surface area contributed by atoms with E-state index in [1.807, 2.05) is 13.0 Å². The summed E-state index contributed by atoms with van der Waals surface area (Å²) in [5.74, 6) is 0. The van der Waals surface area contributed by atoms with Gasteiger partial charge in [0.15, 0.2) is 0 Å². The van der Waals surface area contributed by atoms with Gasteiger partial charge in [0.2, 0.25) is 0 Å². The van der Waals surface area contributed by atoms with E-state index < -0.39 is 6.10 Å². The lowest BCUT2D eigenvalue weighted by atomic mass is 10.1. The third kappa shape index (κ3) is 3.68. The van der Waals surface area contributed by atoms with E-state index in [4.69, 9.17) is 4.74 Å². The van der Waals surface area contributed by atoms with Crippen molar-refractivity contribution in [3.63, 3.8) is 0 Å². The maximum atomic E-state index is 11.9. The molecule has 0 aliphatic carbocycles. The van der Waals surface area contributed by atoms with Crippen molar-refractivity contribution in [2.75, 3.05) is 11.9 Å². The molecule has 1 heterocycles. The van der Waals surface area contributed by atoms with Gasteiger partial charge in [-0.15, -0.1) is 0 Å². The van der Waals surface area contributed by atoms with E-state index in [2.05, 4.69) is 10.6 Å². The van der Waals surface area contributed by atoms with E-state index >= 15 is 0 Å². The number of rotatable bonds is 3. The van der Waals surface area contributed by atoms with Crippen molar-refractivity contribution < 1.29 is 14.6 Å². The van der Waals surface area contributed by atoms with Crippen LogP contribution in [0.5, 0.6) is 0 Å². The number of benzene rings is 1. The molecule has 1 fully saturated rings. The van der Waals surface area contributed by atoms with Crippen molar-refractivity contribution in [3.8, 4) is 0 Å². The first-order valence-electron chi connectivity index (χ1n) is 6.53. The van der Waals surface area contributed by atoms with Gasteiger partial charge in [-0.1, -0.05) is 12.1 Å². The third-order valence-corrected chi connectivity index (χ3v) is 3.32. The van der Waals surface area contributed by atoms with Crippen LogP contribution in [0.25, 0.3) is 0 Å².